The minimum atomic E-state index is -0.433. The zero-order valence-corrected chi connectivity index (χ0v) is 13.1. The zero-order chi connectivity index (χ0) is 15.0. The SMILES string of the molecule is COc1ccc2c(c1)CCC(N(C)C1CCOC1C)C2O. The lowest BCUT2D eigenvalue weighted by molar-refractivity contribution is 0.00603. The largest absolute Gasteiger partial charge is 0.497 e. The van der Waals surface area contributed by atoms with Gasteiger partial charge in [0.2, 0.25) is 0 Å². The molecule has 0 spiro atoms. The van der Waals surface area contributed by atoms with Crippen LogP contribution in [0, 0.1) is 0 Å². The second kappa shape index (κ2) is 5.95. The molecule has 4 heteroatoms. The van der Waals surface area contributed by atoms with Gasteiger partial charge in [-0.05, 0) is 56.5 Å². The molecule has 0 bridgehead atoms. The summed E-state index contributed by atoms with van der Waals surface area (Å²) < 4.78 is 10.9. The summed E-state index contributed by atoms with van der Waals surface area (Å²) in [6.45, 7) is 2.95. The van der Waals surface area contributed by atoms with Crippen molar-refractivity contribution in [3.8, 4) is 5.75 Å². The molecular formula is C17H25NO3. The van der Waals surface area contributed by atoms with Crippen molar-refractivity contribution >= 4 is 0 Å². The number of fused-ring (bicyclic) bond motifs is 1. The van der Waals surface area contributed by atoms with E-state index in [-0.39, 0.29) is 12.1 Å². The van der Waals surface area contributed by atoms with Gasteiger partial charge in [-0.3, -0.25) is 4.90 Å². The highest BCUT2D eigenvalue weighted by Gasteiger charge is 2.37. The maximum absolute atomic E-state index is 10.8. The summed E-state index contributed by atoms with van der Waals surface area (Å²) in [5, 5.41) is 10.8. The molecule has 1 heterocycles. The predicted molar refractivity (Wildman–Crippen MR) is 81.6 cm³/mol. The Morgan fingerprint density at radius 3 is 2.76 bits per heavy atom. The molecule has 1 aliphatic carbocycles. The molecule has 0 saturated carbocycles. The molecule has 0 aromatic heterocycles. The van der Waals surface area contributed by atoms with Gasteiger partial charge in [0.05, 0.1) is 19.3 Å². The molecule has 4 unspecified atom stereocenters. The average Bonchev–Trinajstić information content (AvgIpc) is 2.92. The number of hydrogen-bond donors (Lipinski definition) is 1. The van der Waals surface area contributed by atoms with Crippen LogP contribution in [0.1, 0.15) is 37.0 Å². The minimum Gasteiger partial charge on any atom is -0.497 e. The molecule has 1 N–H and O–H groups in total. The first-order valence-corrected chi connectivity index (χ1v) is 7.80. The van der Waals surface area contributed by atoms with Crippen molar-refractivity contribution in [1.82, 2.24) is 4.90 Å². The number of rotatable bonds is 3. The number of aliphatic hydroxyl groups excluding tert-OH is 1. The number of ether oxygens (including phenoxy) is 2. The third-order valence-electron chi connectivity index (χ3n) is 5.13. The Labute approximate surface area is 126 Å². The number of hydrogen-bond acceptors (Lipinski definition) is 4. The molecule has 2 aliphatic rings. The Bertz CT molecular complexity index is 505. The van der Waals surface area contributed by atoms with Crippen molar-refractivity contribution < 1.29 is 14.6 Å². The molecule has 0 amide bonds. The van der Waals surface area contributed by atoms with Crippen LogP contribution in [-0.2, 0) is 11.2 Å². The van der Waals surface area contributed by atoms with E-state index in [4.69, 9.17) is 9.47 Å². The van der Waals surface area contributed by atoms with E-state index in [9.17, 15) is 5.11 Å². The van der Waals surface area contributed by atoms with Gasteiger partial charge in [-0.25, -0.2) is 0 Å². The molecule has 4 nitrogen and oxygen atoms in total. The highest BCUT2D eigenvalue weighted by molar-refractivity contribution is 5.39. The van der Waals surface area contributed by atoms with E-state index >= 15 is 0 Å². The Hall–Kier alpha value is -1.10. The summed E-state index contributed by atoms with van der Waals surface area (Å²) in [7, 11) is 3.80. The summed E-state index contributed by atoms with van der Waals surface area (Å²) in [6.07, 6.45) is 2.83. The molecule has 1 fully saturated rings. The number of likely N-dealkylation sites (N-methyl/N-ethyl adjacent to an activating group) is 1. The predicted octanol–water partition coefficient (Wildman–Crippen LogP) is 2.15. The molecule has 21 heavy (non-hydrogen) atoms. The standard InChI is InChI=1S/C17H25NO3/c1-11-15(8-9-21-11)18(2)16-7-4-12-10-13(20-3)5-6-14(12)17(16)19/h5-6,10-11,15-17,19H,4,7-9H2,1-3H3. The average molecular weight is 291 g/mol. The number of aryl methyl sites for hydroxylation is 1. The van der Waals surface area contributed by atoms with Crippen molar-refractivity contribution in [2.75, 3.05) is 20.8 Å². The second-order valence-corrected chi connectivity index (χ2v) is 6.21. The maximum atomic E-state index is 10.8. The Morgan fingerprint density at radius 2 is 2.10 bits per heavy atom. The molecule has 3 rings (SSSR count). The summed E-state index contributed by atoms with van der Waals surface area (Å²) in [4.78, 5) is 2.33. The quantitative estimate of drug-likeness (QED) is 0.926. The first-order chi connectivity index (χ1) is 10.1. The van der Waals surface area contributed by atoms with E-state index in [1.807, 2.05) is 12.1 Å². The van der Waals surface area contributed by atoms with Gasteiger partial charge in [0, 0.05) is 18.7 Å². The molecule has 1 aromatic rings. The third-order valence-corrected chi connectivity index (χ3v) is 5.13. The van der Waals surface area contributed by atoms with Crippen LogP contribution >= 0.6 is 0 Å². The van der Waals surface area contributed by atoms with Crippen LogP contribution < -0.4 is 4.74 Å². The Kier molecular flexibility index (Phi) is 4.20. The summed E-state index contributed by atoms with van der Waals surface area (Å²) in [5.41, 5.74) is 2.26. The molecule has 4 atom stereocenters. The van der Waals surface area contributed by atoms with E-state index in [1.165, 1.54) is 5.56 Å². The first-order valence-electron chi connectivity index (χ1n) is 7.80. The smallest absolute Gasteiger partial charge is 0.119 e. The lowest BCUT2D eigenvalue weighted by Gasteiger charge is -2.40. The molecule has 1 saturated heterocycles. The topological polar surface area (TPSA) is 41.9 Å². The van der Waals surface area contributed by atoms with Crippen LogP contribution in [0.15, 0.2) is 18.2 Å². The molecule has 1 aliphatic heterocycles. The van der Waals surface area contributed by atoms with Crippen LogP contribution in [0.5, 0.6) is 5.75 Å². The minimum absolute atomic E-state index is 0.167. The highest BCUT2D eigenvalue weighted by Crippen LogP contribution is 2.36. The zero-order valence-electron chi connectivity index (χ0n) is 13.1. The summed E-state index contributed by atoms with van der Waals surface area (Å²) in [5.74, 6) is 0.866. The van der Waals surface area contributed by atoms with Gasteiger partial charge >= 0.3 is 0 Å². The van der Waals surface area contributed by atoms with Gasteiger partial charge in [-0.2, -0.15) is 0 Å². The fourth-order valence-corrected chi connectivity index (χ4v) is 3.81. The maximum Gasteiger partial charge on any atom is 0.119 e. The first kappa shape index (κ1) is 14.8. The fraction of sp³-hybridized carbons (Fsp3) is 0.647. The van der Waals surface area contributed by atoms with Gasteiger partial charge < -0.3 is 14.6 Å². The van der Waals surface area contributed by atoms with Gasteiger partial charge in [0.25, 0.3) is 0 Å². The Balaban J connectivity index is 1.80. The number of aliphatic hydroxyl groups is 1. The number of methoxy groups -OCH3 is 1. The van der Waals surface area contributed by atoms with E-state index in [0.29, 0.717) is 6.04 Å². The van der Waals surface area contributed by atoms with Crippen molar-refractivity contribution in [2.45, 2.75) is 50.5 Å². The van der Waals surface area contributed by atoms with Crippen molar-refractivity contribution in [3.05, 3.63) is 29.3 Å². The van der Waals surface area contributed by atoms with Crippen LogP contribution in [0.3, 0.4) is 0 Å². The van der Waals surface area contributed by atoms with E-state index < -0.39 is 6.10 Å². The molecule has 1 aromatic carbocycles. The van der Waals surface area contributed by atoms with Crippen LogP contribution in [-0.4, -0.2) is 49.0 Å². The van der Waals surface area contributed by atoms with Crippen LogP contribution in [0.2, 0.25) is 0 Å². The van der Waals surface area contributed by atoms with Gasteiger partial charge in [-0.15, -0.1) is 0 Å². The monoisotopic (exact) mass is 291 g/mol. The van der Waals surface area contributed by atoms with Crippen molar-refractivity contribution in [1.29, 1.82) is 0 Å². The lowest BCUT2D eigenvalue weighted by atomic mass is 9.84. The molecular weight excluding hydrogens is 266 g/mol. The van der Waals surface area contributed by atoms with Gasteiger partial charge in [-0.1, -0.05) is 6.07 Å². The van der Waals surface area contributed by atoms with Crippen molar-refractivity contribution in [3.63, 3.8) is 0 Å². The van der Waals surface area contributed by atoms with E-state index in [0.717, 1.165) is 37.2 Å². The Morgan fingerprint density at radius 1 is 1.29 bits per heavy atom. The summed E-state index contributed by atoms with van der Waals surface area (Å²) in [6, 6.07) is 6.57. The summed E-state index contributed by atoms with van der Waals surface area (Å²) >= 11 is 0. The number of nitrogens with zero attached hydrogens (tertiary/aromatic N) is 1. The van der Waals surface area contributed by atoms with Crippen molar-refractivity contribution in [2.24, 2.45) is 0 Å². The lowest BCUT2D eigenvalue weighted by Crippen LogP contribution is -2.48. The molecule has 116 valence electrons. The second-order valence-electron chi connectivity index (χ2n) is 6.21. The fourth-order valence-electron chi connectivity index (χ4n) is 3.81. The molecule has 0 radical (unpaired) electrons. The van der Waals surface area contributed by atoms with Gasteiger partial charge in [0.15, 0.2) is 0 Å². The van der Waals surface area contributed by atoms with E-state index in [2.05, 4.69) is 24.9 Å². The van der Waals surface area contributed by atoms with Crippen LogP contribution in [0.25, 0.3) is 0 Å². The van der Waals surface area contributed by atoms with Gasteiger partial charge in [0.1, 0.15) is 5.75 Å². The van der Waals surface area contributed by atoms with Crippen LogP contribution in [0.4, 0.5) is 0 Å². The normalized spacial score (nSPS) is 32.2. The number of benzene rings is 1. The highest BCUT2D eigenvalue weighted by atomic mass is 16.5. The third kappa shape index (κ3) is 2.68. The van der Waals surface area contributed by atoms with E-state index in [1.54, 1.807) is 7.11 Å².